The van der Waals surface area contributed by atoms with Crippen molar-refractivity contribution >= 4 is 11.7 Å². The number of hydrogen-bond acceptors (Lipinski definition) is 5. The minimum atomic E-state index is -4.47. The number of nitrogens with one attached hydrogen (secondary N) is 2. The number of anilines is 1. The predicted octanol–water partition coefficient (Wildman–Crippen LogP) is 0.0543. The second kappa shape index (κ2) is 4.75. The molecule has 0 unspecified atom stereocenters. The van der Waals surface area contributed by atoms with Gasteiger partial charge in [0.25, 0.3) is 5.91 Å². The molecule has 16 heavy (non-hydrogen) atoms. The van der Waals surface area contributed by atoms with E-state index in [4.69, 9.17) is 5.84 Å². The number of hydrogen-bond donors (Lipinski definition) is 3. The van der Waals surface area contributed by atoms with Gasteiger partial charge in [0.1, 0.15) is 12.2 Å². The van der Waals surface area contributed by atoms with Crippen molar-refractivity contribution < 1.29 is 18.0 Å². The molecule has 0 saturated carbocycles. The Morgan fingerprint density at radius 3 is 2.69 bits per heavy atom. The van der Waals surface area contributed by atoms with Gasteiger partial charge in [0, 0.05) is 0 Å². The van der Waals surface area contributed by atoms with Crippen molar-refractivity contribution in [2.24, 2.45) is 5.84 Å². The summed E-state index contributed by atoms with van der Waals surface area (Å²) in [6.45, 7) is -1.42. The maximum absolute atomic E-state index is 11.8. The van der Waals surface area contributed by atoms with Gasteiger partial charge in [0.2, 0.25) is 0 Å². The van der Waals surface area contributed by atoms with Gasteiger partial charge in [0.15, 0.2) is 5.82 Å². The summed E-state index contributed by atoms with van der Waals surface area (Å²) in [4.78, 5) is 18.4. The van der Waals surface area contributed by atoms with Crippen molar-refractivity contribution in [2.75, 3.05) is 12.0 Å². The van der Waals surface area contributed by atoms with E-state index < -0.39 is 18.6 Å². The van der Waals surface area contributed by atoms with Crippen LogP contribution in [0.15, 0.2) is 12.4 Å². The molecule has 1 amide bonds. The van der Waals surface area contributed by atoms with Crippen LogP contribution >= 0.6 is 0 Å². The third-order valence-corrected chi connectivity index (χ3v) is 1.46. The molecule has 0 aliphatic carbocycles. The molecule has 6 nitrogen and oxygen atoms in total. The average molecular weight is 235 g/mol. The summed E-state index contributed by atoms with van der Waals surface area (Å²) >= 11 is 0. The summed E-state index contributed by atoms with van der Waals surface area (Å²) in [6, 6.07) is 0. The van der Waals surface area contributed by atoms with E-state index in [1.807, 2.05) is 0 Å². The van der Waals surface area contributed by atoms with Crippen LogP contribution in [0, 0.1) is 0 Å². The highest BCUT2D eigenvalue weighted by Crippen LogP contribution is 2.12. The minimum Gasteiger partial charge on any atom is -0.342 e. The van der Waals surface area contributed by atoms with Crippen LogP contribution in [-0.2, 0) is 0 Å². The quantitative estimate of drug-likeness (QED) is 0.508. The van der Waals surface area contributed by atoms with Crippen LogP contribution in [0.2, 0.25) is 0 Å². The molecule has 0 bridgehead atoms. The van der Waals surface area contributed by atoms with Gasteiger partial charge in [-0.2, -0.15) is 13.2 Å². The fraction of sp³-hybridized carbons (Fsp3) is 0.286. The van der Waals surface area contributed by atoms with Crippen LogP contribution in [0.3, 0.4) is 0 Å². The van der Waals surface area contributed by atoms with Crippen LogP contribution in [0.5, 0.6) is 0 Å². The highest BCUT2D eigenvalue weighted by molar-refractivity contribution is 5.92. The molecule has 88 valence electrons. The molecule has 0 fully saturated rings. The van der Waals surface area contributed by atoms with Gasteiger partial charge in [-0.05, 0) is 0 Å². The van der Waals surface area contributed by atoms with E-state index in [0.717, 1.165) is 6.20 Å². The third-order valence-electron chi connectivity index (χ3n) is 1.46. The summed E-state index contributed by atoms with van der Waals surface area (Å²) in [5, 5.41) is 1.66. The fourth-order valence-corrected chi connectivity index (χ4v) is 0.816. The van der Waals surface area contributed by atoms with Crippen LogP contribution in [0.4, 0.5) is 19.0 Å². The number of amides is 1. The van der Waals surface area contributed by atoms with Crippen molar-refractivity contribution in [1.82, 2.24) is 15.3 Å². The first-order chi connectivity index (χ1) is 7.42. The Labute approximate surface area is 88.0 Å². The Hall–Kier alpha value is -1.90. The topological polar surface area (TPSA) is 92.9 Å². The Morgan fingerprint density at radius 1 is 1.44 bits per heavy atom. The molecule has 4 N–H and O–H groups in total. The lowest BCUT2D eigenvalue weighted by Crippen LogP contribution is -2.34. The first kappa shape index (κ1) is 12.2. The lowest BCUT2D eigenvalue weighted by molar-refractivity contribution is -0.123. The molecule has 1 heterocycles. The molecular formula is C7H8F3N5O. The Kier molecular flexibility index (Phi) is 3.61. The van der Waals surface area contributed by atoms with E-state index in [0.29, 0.717) is 0 Å². The second-order valence-corrected chi connectivity index (χ2v) is 2.73. The summed E-state index contributed by atoms with van der Waals surface area (Å²) in [5.41, 5.74) is 1.87. The van der Waals surface area contributed by atoms with Crippen molar-refractivity contribution in [3.8, 4) is 0 Å². The van der Waals surface area contributed by atoms with Crippen molar-refractivity contribution in [3.63, 3.8) is 0 Å². The standard InChI is InChI=1S/C7H8F3N5O/c8-7(9,10)3-13-6(16)4-1-12-2-5(14-4)15-11/h1-2H,3,11H2,(H,13,16)(H,14,15). The minimum absolute atomic E-state index is 0.0830. The van der Waals surface area contributed by atoms with Gasteiger partial charge in [-0.3, -0.25) is 9.78 Å². The highest BCUT2D eigenvalue weighted by Gasteiger charge is 2.28. The molecular weight excluding hydrogens is 227 g/mol. The zero-order valence-electron chi connectivity index (χ0n) is 7.88. The number of halogens is 3. The monoisotopic (exact) mass is 235 g/mol. The van der Waals surface area contributed by atoms with Crippen molar-refractivity contribution in [2.45, 2.75) is 6.18 Å². The Morgan fingerprint density at radius 2 is 2.12 bits per heavy atom. The van der Waals surface area contributed by atoms with Gasteiger partial charge >= 0.3 is 6.18 Å². The van der Waals surface area contributed by atoms with Gasteiger partial charge in [-0.15, -0.1) is 0 Å². The van der Waals surface area contributed by atoms with Crippen molar-refractivity contribution in [1.29, 1.82) is 0 Å². The summed E-state index contributed by atoms with van der Waals surface area (Å²) < 4.78 is 35.4. The zero-order valence-corrected chi connectivity index (χ0v) is 7.88. The average Bonchev–Trinajstić information content (AvgIpc) is 2.25. The number of hydrazine groups is 1. The van der Waals surface area contributed by atoms with E-state index in [2.05, 4.69) is 15.4 Å². The van der Waals surface area contributed by atoms with Crippen LogP contribution in [-0.4, -0.2) is 28.6 Å². The highest BCUT2D eigenvalue weighted by atomic mass is 19.4. The molecule has 1 aromatic heterocycles. The molecule has 0 saturated heterocycles. The van der Waals surface area contributed by atoms with E-state index in [1.165, 1.54) is 6.20 Å². The van der Waals surface area contributed by atoms with Crippen LogP contribution < -0.4 is 16.6 Å². The predicted molar refractivity (Wildman–Crippen MR) is 48.2 cm³/mol. The van der Waals surface area contributed by atoms with Crippen LogP contribution in [0.25, 0.3) is 0 Å². The summed E-state index contributed by atoms with van der Waals surface area (Å²) in [7, 11) is 0. The number of aromatic nitrogens is 2. The molecule has 0 atom stereocenters. The Balaban J connectivity index is 2.66. The smallest absolute Gasteiger partial charge is 0.342 e. The molecule has 0 spiro atoms. The summed E-state index contributed by atoms with van der Waals surface area (Å²) in [6.07, 6.45) is -2.21. The van der Waals surface area contributed by atoms with E-state index in [9.17, 15) is 18.0 Å². The number of rotatable bonds is 3. The maximum atomic E-state index is 11.8. The molecule has 1 aromatic rings. The summed E-state index contributed by atoms with van der Waals surface area (Å²) in [5.74, 6) is 4.11. The number of carbonyl (C=O) groups is 1. The first-order valence-corrected chi connectivity index (χ1v) is 4.06. The lowest BCUT2D eigenvalue weighted by Gasteiger charge is -2.07. The van der Waals surface area contributed by atoms with Gasteiger partial charge < -0.3 is 10.7 Å². The zero-order chi connectivity index (χ0) is 12.2. The number of nitrogen functional groups attached to an aromatic ring is 1. The number of nitrogens with zero attached hydrogens (tertiary/aromatic N) is 2. The fourth-order valence-electron chi connectivity index (χ4n) is 0.816. The number of nitrogens with two attached hydrogens (primary N) is 1. The molecule has 0 aliphatic heterocycles. The van der Waals surface area contributed by atoms with Crippen LogP contribution in [0.1, 0.15) is 10.5 Å². The molecule has 0 radical (unpaired) electrons. The normalized spacial score (nSPS) is 11.0. The molecule has 0 aliphatic rings. The molecule has 0 aromatic carbocycles. The SMILES string of the molecule is NNc1cncc(C(=O)NCC(F)(F)F)n1. The van der Waals surface area contributed by atoms with Gasteiger partial charge in [-0.25, -0.2) is 10.8 Å². The van der Waals surface area contributed by atoms with Gasteiger partial charge in [-0.1, -0.05) is 0 Å². The van der Waals surface area contributed by atoms with E-state index in [-0.39, 0.29) is 11.5 Å². The number of alkyl halides is 3. The maximum Gasteiger partial charge on any atom is 0.405 e. The third kappa shape index (κ3) is 3.69. The lowest BCUT2D eigenvalue weighted by atomic mass is 10.4. The number of carbonyl (C=O) groups excluding carboxylic acids is 1. The molecule has 1 rings (SSSR count). The largest absolute Gasteiger partial charge is 0.405 e. The Bertz CT molecular complexity index is 381. The first-order valence-electron chi connectivity index (χ1n) is 4.06. The van der Waals surface area contributed by atoms with E-state index >= 15 is 0 Å². The van der Waals surface area contributed by atoms with Crippen molar-refractivity contribution in [3.05, 3.63) is 18.1 Å². The second-order valence-electron chi connectivity index (χ2n) is 2.73. The van der Waals surface area contributed by atoms with Gasteiger partial charge in [0.05, 0.1) is 12.4 Å². The van der Waals surface area contributed by atoms with E-state index in [1.54, 1.807) is 5.32 Å². The molecule has 9 heteroatoms.